The molecule has 2 atom stereocenters. The second-order valence-corrected chi connectivity index (χ2v) is 5.80. The quantitative estimate of drug-likeness (QED) is 0.893. The number of rotatable bonds is 4. The first kappa shape index (κ1) is 12.8. The third-order valence-corrected chi connectivity index (χ3v) is 4.06. The van der Waals surface area contributed by atoms with Crippen molar-refractivity contribution in [2.75, 3.05) is 11.5 Å². The molecule has 17 heavy (non-hydrogen) atoms. The summed E-state index contributed by atoms with van der Waals surface area (Å²) in [5, 5.41) is 9.30. The molecule has 1 heterocycles. The van der Waals surface area contributed by atoms with Gasteiger partial charge in [0.25, 0.3) is 0 Å². The zero-order valence-corrected chi connectivity index (χ0v) is 11.1. The van der Waals surface area contributed by atoms with Crippen molar-refractivity contribution in [2.45, 2.75) is 38.4 Å². The zero-order chi connectivity index (χ0) is 12.1. The van der Waals surface area contributed by atoms with E-state index < -0.39 is 0 Å². The minimum absolute atomic E-state index is 0.281. The molecule has 3 heteroatoms. The Kier molecular flexibility index (Phi) is 4.75. The van der Waals surface area contributed by atoms with Crippen LogP contribution in [0.2, 0.25) is 0 Å². The van der Waals surface area contributed by atoms with Gasteiger partial charge in [-0.2, -0.15) is 11.8 Å². The largest absolute Gasteiger partial charge is 0.490 e. The van der Waals surface area contributed by atoms with E-state index in [4.69, 9.17) is 4.74 Å². The molecule has 0 aliphatic carbocycles. The van der Waals surface area contributed by atoms with E-state index in [-0.39, 0.29) is 6.10 Å². The normalized spacial score (nSPS) is 22.1. The fourth-order valence-corrected chi connectivity index (χ4v) is 3.08. The molecule has 2 unspecified atom stereocenters. The van der Waals surface area contributed by atoms with Crippen molar-refractivity contribution in [3.05, 3.63) is 29.8 Å². The van der Waals surface area contributed by atoms with Crippen LogP contribution < -0.4 is 4.74 Å². The second-order valence-electron chi connectivity index (χ2n) is 4.65. The number of aliphatic hydroxyl groups is 1. The average Bonchev–Trinajstić information content (AvgIpc) is 2.32. The molecule has 1 aromatic rings. The fraction of sp³-hybridized carbons (Fsp3) is 0.571. The molecule has 0 amide bonds. The van der Waals surface area contributed by atoms with Crippen LogP contribution in [-0.4, -0.2) is 28.8 Å². The molecule has 0 saturated carbocycles. The number of hydrogen-bond acceptors (Lipinski definition) is 3. The molecule has 0 spiro atoms. The second kappa shape index (κ2) is 6.31. The van der Waals surface area contributed by atoms with Crippen molar-refractivity contribution in [3.8, 4) is 5.75 Å². The van der Waals surface area contributed by atoms with Crippen molar-refractivity contribution in [3.63, 3.8) is 0 Å². The molecule has 1 aliphatic heterocycles. The van der Waals surface area contributed by atoms with Gasteiger partial charge in [0, 0.05) is 5.75 Å². The number of benzene rings is 1. The maximum Gasteiger partial charge on any atom is 0.119 e. The van der Waals surface area contributed by atoms with E-state index in [1.165, 1.54) is 18.6 Å². The van der Waals surface area contributed by atoms with Gasteiger partial charge in [0.05, 0.1) is 6.10 Å². The van der Waals surface area contributed by atoms with Crippen LogP contribution in [0, 0.1) is 0 Å². The summed E-state index contributed by atoms with van der Waals surface area (Å²) in [5.41, 5.74) is 1.16. The fourth-order valence-electron chi connectivity index (χ4n) is 2.04. The van der Waals surface area contributed by atoms with Gasteiger partial charge >= 0.3 is 0 Å². The molecule has 0 bridgehead atoms. The molecule has 1 aromatic carbocycles. The van der Waals surface area contributed by atoms with Gasteiger partial charge < -0.3 is 9.84 Å². The Labute approximate surface area is 107 Å². The summed E-state index contributed by atoms with van der Waals surface area (Å²) in [5.74, 6) is 3.33. The third-order valence-electron chi connectivity index (χ3n) is 2.88. The smallest absolute Gasteiger partial charge is 0.119 e. The van der Waals surface area contributed by atoms with Crippen LogP contribution in [0.5, 0.6) is 5.75 Å². The van der Waals surface area contributed by atoms with Crippen LogP contribution in [0.1, 0.15) is 25.3 Å². The summed E-state index contributed by atoms with van der Waals surface area (Å²) in [6.07, 6.45) is 3.23. The summed E-state index contributed by atoms with van der Waals surface area (Å²) in [4.78, 5) is 0. The molecule has 1 aliphatic rings. The Morgan fingerprint density at radius 2 is 2.18 bits per heavy atom. The van der Waals surface area contributed by atoms with Gasteiger partial charge in [-0.15, -0.1) is 0 Å². The minimum atomic E-state index is -0.281. The van der Waals surface area contributed by atoms with Gasteiger partial charge in [-0.1, -0.05) is 12.1 Å². The van der Waals surface area contributed by atoms with Crippen molar-refractivity contribution in [1.29, 1.82) is 0 Å². The molecule has 0 radical (unpaired) electrons. The lowest BCUT2D eigenvalue weighted by Gasteiger charge is -2.22. The number of hydrogen-bond donors (Lipinski definition) is 1. The minimum Gasteiger partial charge on any atom is -0.490 e. The van der Waals surface area contributed by atoms with Gasteiger partial charge in [-0.25, -0.2) is 0 Å². The SMILES string of the molecule is CC(O)Cc1ccc(OC2CCCSC2)cc1. The van der Waals surface area contributed by atoms with Crippen molar-refractivity contribution < 1.29 is 9.84 Å². The standard InChI is InChI=1S/C14H20O2S/c1-11(15)9-12-4-6-13(7-5-12)16-14-3-2-8-17-10-14/h4-7,11,14-15H,2-3,8-10H2,1H3. The van der Waals surface area contributed by atoms with Gasteiger partial charge in [-0.05, 0) is 49.6 Å². The lowest BCUT2D eigenvalue weighted by molar-refractivity contribution is 0.195. The van der Waals surface area contributed by atoms with Crippen LogP contribution in [0.25, 0.3) is 0 Å². The van der Waals surface area contributed by atoms with Crippen molar-refractivity contribution >= 4 is 11.8 Å². The molecular weight excluding hydrogens is 232 g/mol. The van der Waals surface area contributed by atoms with Crippen molar-refractivity contribution in [1.82, 2.24) is 0 Å². The lowest BCUT2D eigenvalue weighted by Crippen LogP contribution is -2.23. The first-order valence-corrected chi connectivity index (χ1v) is 7.41. The zero-order valence-electron chi connectivity index (χ0n) is 10.3. The van der Waals surface area contributed by atoms with Crippen LogP contribution >= 0.6 is 11.8 Å². The molecule has 1 saturated heterocycles. The average molecular weight is 252 g/mol. The van der Waals surface area contributed by atoms with E-state index in [1.54, 1.807) is 0 Å². The number of ether oxygens (including phenoxy) is 1. The number of thioether (sulfide) groups is 1. The van der Waals surface area contributed by atoms with Crippen LogP contribution in [0.3, 0.4) is 0 Å². The van der Waals surface area contributed by atoms with Crippen LogP contribution in [-0.2, 0) is 6.42 Å². The first-order valence-electron chi connectivity index (χ1n) is 6.25. The van der Waals surface area contributed by atoms with Crippen LogP contribution in [0.4, 0.5) is 0 Å². The van der Waals surface area contributed by atoms with Gasteiger partial charge in [0.2, 0.25) is 0 Å². The monoisotopic (exact) mass is 252 g/mol. The topological polar surface area (TPSA) is 29.5 Å². The summed E-state index contributed by atoms with van der Waals surface area (Å²) in [7, 11) is 0. The summed E-state index contributed by atoms with van der Waals surface area (Å²) >= 11 is 1.98. The molecule has 0 aromatic heterocycles. The Balaban J connectivity index is 1.88. The van der Waals surface area contributed by atoms with E-state index in [2.05, 4.69) is 0 Å². The highest BCUT2D eigenvalue weighted by Gasteiger charge is 2.14. The van der Waals surface area contributed by atoms with Gasteiger partial charge in [-0.3, -0.25) is 0 Å². The predicted molar refractivity (Wildman–Crippen MR) is 72.8 cm³/mol. The summed E-state index contributed by atoms with van der Waals surface area (Å²) in [6.45, 7) is 1.81. The maximum absolute atomic E-state index is 9.30. The summed E-state index contributed by atoms with van der Waals surface area (Å²) in [6, 6.07) is 8.10. The molecule has 1 N–H and O–H groups in total. The van der Waals surface area contributed by atoms with E-state index in [0.717, 1.165) is 17.1 Å². The highest BCUT2D eigenvalue weighted by Crippen LogP contribution is 2.23. The van der Waals surface area contributed by atoms with E-state index in [9.17, 15) is 5.11 Å². The highest BCUT2D eigenvalue weighted by molar-refractivity contribution is 7.99. The molecule has 1 fully saturated rings. The molecular formula is C14H20O2S. The van der Waals surface area contributed by atoms with E-state index >= 15 is 0 Å². The third kappa shape index (κ3) is 4.25. The Morgan fingerprint density at radius 3 is 2.76 bits per heavy atom. The van der Waals surface area contributed by atoms with Crippen molar-refractivity contribution in [2.24, 2.45) is 0 Å². The molecule has 2 rings (SSSR count). The molecule has 2 nitrogen and oxygen atoms in total. The van der Waals surface area contributed by atoms with Gasteiger partial charge in [0.15, 0.2) is 0 Å². The Morgan fingerprint density at radius 1 is 1.41 bits per heavy atom. The summed E-state index contributed by atoms with van der Waals surface area (Å²) < 4.78 is 5.93. The van der Waals surface area contributed by atoms with Crippen LogP contribution in [0.15, 0.2) is 24.3 Å². The Bertz CT molecular complexity index is 329. The van der Waals surface area contributed by atoms with Gasteiger partial charge in [0.1, 0.15) is 11.9 Å². The van der Waals surface area contributed by atoms with E-state index in [1.807, 2.05) is 43.0 Å². The van der Waals surface area contributed by atoms with E-state index in [0.29, 0.717) is 12.5 Å². The highest BCUT2D eigenvalue weighted by atomic mass is 32.2. The first-order chi connectivity index (χ1) is 8.24. The lowest BCUT2D eigenvalue weighted by atomic mass is 10.1. The predicted octanol–water partition coefficient (Wildman–Crippen LogP) is 2.88. The molecule has 94 valence electrons. The Hall–Kier alpha value is -0.670. The maximum atomic E-state index is 9.30. The number of aliphatic hydroxyl groups excluding tert-OH is 1.